The van der Waals surface area contributed by atoms with Gasteiger partial charge in [-0.05, 0) is 120 Å². The zero-order chi connectivity index (χ0) is 47.5. The quantitative estimate of drug-likeness (QED) is 0.141. The molecule has 0 fully saturated rings. The molecule has 0 atom stereocenters. The van der Waals surface area contributed by atoms with Crippen molar-refractivity contribution in [3.63, 3.8) is 0 Å². The van der Waals surface area contributed by atoms with Crippen LogP contribution in [-0.4, -0.2) is 4.57 Å². The van der Waals surface area contributed by atoms with E-state index in [-0.39, 0.29) is 5.41 Å². The Balaban J connectivity index is 0.751. The molecule has 0 aliphatic heterocycles. The molecule has 2 heterocycles. The summed E-state index contributed by atoms with van der Waals surface area (Å²) < 4.78 is 8.89. The van der Waals surface area contributed by atoms with Crippen LogP contribution in [0.1, 0.15) is 25.0 Å². The molecule has 0 aliphatic carbocycles. The normalized spacial score (nSPS) is 11.8. The van der Waals surface area contributed by atoms with Crippen LogP contribution < -0.4 is 0 Å². The van der Waals surface area contributed by atoms with Crippen molar-refractivity contribution in [1.29, 1.82) is 0 Å². The van der Waals surface area contributed by atoms with E-state index in [1.54, 1.807) is 0 Å². The van der Waals surface area contributed by atoms with Gasteiger partial charge in [0.05, 0.1) is 11.0 Å². The number of rotatable bonds is 9. The molecule has 13 aromatic rings. The first-order valence-electron chi connectivity index (χ1n) is 24.6. The van der Waals surface area contributed by atoms with E-state index in [1.165, 1.54) is 94.1 Å². The highest BCUT2D eigenvalue weighted by Crippen LogP contribution is 2.43. The summed E-state index contributed by atoms with van der Waals surface area (Å²) in [7, 11) is 0. The Morgan fingerprint density at radius 2 is 0.718 bits per heavy atom. The maximum absolute atomic E-state index is 6.52. The second-order valence-corrected chi connectivity index (χ2v) is 19.2. The number of hydrogen-bond acceptors (Lipinski definition) is 1. The van der Waals surface area contributed by atoms with Gasteiger partial charge in [0.1, 0.15) is 11.2 Å². The summed E-state index contributed by atoms with van der Waals surface area (Å²) >= 11 is 0. The SMILES string of the molecule is CC(C)(c1ccc(-c2ccc(-c3ccc(-c4ccccc4-c4ccccc4-c4ccccc4)cc3)cc2)cc1)c1ccc2oc3cccc(-c4ccc(-n5c6ccccc6c6ccccc65)cc4)c3c2c1. The molecule has 336 valence electrons. The van der Waals surface area contributed by atoms with E-state index in [2.05, 4.69) is 279 Å². The molecule has 13 rings (SSSR count). The summed E-state index contributed by atoms with van der Waals surface area (Å²) in [5, 5.41) is 4.81. The van der Waals surface area contributed by atoms with Crippen LogP contribution in [0.4, 0.5) is 0 Å². The molecule has 11 aromatic carbocycles. The third-order valence-corrected chi connectivity index (χ3v) is 14.8. The van der Waals surface area contributed by atoms with Crippen LogP contribution in [0.5, 0.6) is 0 Å². The Kier molecular flexibility index (Phi) is 10.2. The molecule has 0 aliphatic rings. The molecular formula is C69H49NO. The van der Waals surface area contributed by atoms with Crippen LogP contribution in [0.15, 0.2) is 265 Å². The molecular weight excluding hydrogens is 859 g/mol. The Hall–Kier alpha value is -8.98. The minimum absolute atomic E-state index is 0.253. The molecule has 0 radical (unpaired) electrons. The van der Waals surface area contributed by atoms with Crippen molar-refractivity contribution in [2.24, 2.45) is 0 Å². The third kappa shape index (κ3) is 7.35. The van der Waals surface area contributed by atoms with E-state index in [0.29, 0.717) is 0 Å². The molecule has 0 amide bonds. The van der Waals surface area contributed by atoms with Crippen molar-refractivity contribution in [2.75, 3.05) is 0 Å². The monoisotopic (exact) mass is 907 g/mol. The minimum Gasteiger partial charge on any atom is -0.456 e. The smallest absolute Gasteiger partial charge is 0.136 e. The standard InChI is InChI=1S/C69H49NO/c1-69(2,54-41-44-66-63(45-54)68-58(23-14-26-67(68)71-66)52-37-42-55(43-38-52)70-64-24-12-10-21-61(64)62-22-11-13-25-65(62)70)53-39-35-49(36-40-53)47-29-27-46(28-30-47)48-31-33-51(34-32-48)57-18-7-9-20-60(57)59-19-8-6-17-56(59)50-15-4-3-5-16-50/h3-45H,1-2H3. The number of para-hydroxylation sites is 2. The molecule has 0 spiro atoms. The third-order valence-electron chi connectivity index (χ3n) is 14.8. The minimum atomic E-state index is -0.253. The Morgan fingerprint density at radius 1 is 0.296 bits per heavy atom. The van der Waals surface area contributed by atoms with Gasteiger partial charge >= 0.3 is 0 Å². The molecule has 71 heavy (non-hydrogen) atoms. The van der Waals surface area contributed by atoms with E-state index in [9.17, 15) is 0 Å². The summed E-state index contributed by atoms with van der Waals surface area (Å²) in [6.45, 7) is 4.64. The number of nitrogens with zero attached hydrogens (tertiary/aromatic N) is 1. The fourth-order valence-electron chi connectivity index (χ4n) is 10.9. The van der Waals surface area contributed by atoms with Crippen molar-refractivity contribution in [3.8, 4) is 72.4 Å². The number of hydrogen-bond donors (Lipinski definition) is 0. The fraction of sp³-hybridized carbons (Fsp3) is 0.0435. The lowest BCUT2D eigenvalue weighted by Crippen LogP contribution is -2.18. The molecule has 0 saturated carbocycles. The zero-order valence-electron chi connectivity index (χ0n) is 39.7. The molecule has 0 N–H and O–H groups in total. The van der Waals surface area contributed by atoms with E-state index in [0.717, 1.165) is 33.2 Å². The highest BCUT2D eigenvalue weighted by Gasteiger charge is 2.25. The van der Waals surface area contributed by atoms with Crippen molar-refractivity contribution in [1.82, 2.24) is 4.57 Å². The molecule has 0 saturated heterocycles. The van der Waals surface area contributed by atoms with Gasteiger partial charge in [0.15, 0.2) is 0 Å². The Labute approximate surface area is 414 Å². The van der Waals surface area contributed by atoms with Gasteiger partial charge in [0.2, 0.25) is 0 Å². The van der Waals surface area contributed by atoms with E-state index < -0.39 is 0 Å². The lowest BCUT2D eigenvalue weighted by atomic mass is 9.77. The summed E-state index contributed by atoms with van der Waals surface area (Å²) in [6.07, 6.45) is 0. The van der Waals surface area contributed by atoms with Gasteiger partial charge in [-0.1, -0.05) is 232 Å². The molecule has 0 unspecified atom stereocenters. The van der Waals surface area contributed by atoms with Gasteiger partial charge in [-0.3, -0.25) is 0 Å². The van der Waals surface area contributed by atoms with E-state index in [4.69, 9.17) is 4.42 Å². The van der Waals surface area contributed by atoms with Crippen molar-refractivity contribution in [2.45, 2.75) is 19.3 Å². The summed E-state index contributed by atoms with van der Waals surface area (Å²) in [5.74, 6) is 0. The largest absolute Gasteiger partial charge is 0.456 e. The predicted molar refractivity (Wildman–Crippen MR) is 299 cm³/mol. The summed E-state index contributed by atoms with van der Waals surface area (Å²) in [6, 6.07) is 94.7. The maximum Gasteiger partial charge on any atom is 0.136 e. The molecule has 0 bridgehead atoms. The first-order valence-corrected chi connectivity index (χ1v) is 24.6. The molecule has 2 aromatic heterocycles. The maximum atomic E-state index is 6.52. The van der Waals surface area contributed by atoms with Crippen LogP contribution in [-0.2, 0) is 5.41 Å². The Morgan fingerprint density at radius 3 is 1.30 bits per heavy atom. The van der Waals surface area contributed by atoms with E-state index in [1.807, 2.05) is 0 Å². The van der Waals surface area contributed by atoms with Crippen LogP contribution in [0.2, 0.25) is 0 Å². The number of fused-ring (bicyclic) bond motifs is 6. The summed E-state index contributed by atoms with van der Waals surface area (Å²) in [5.41, 5.74) is 22.1. The van der Waals surface area contributed by atoms with Crippen LogP contribution >= 0.6 is 0 Å². The van der Waals surface area contributed by atoms with Gasteiger partial charge in [-0.2, -0.15) is 0 Å². The van der Waals surface area contributed by atoms with Crippen molar-refractivity contribution < 1.29 is 4.42 Å². The van der Waals surface area contributed by atoms with Gasteiger partial charge in [0, 0.05) is 32.6 Å². The lowest BCUT2D eigenvalue weighted by molar-refractivity contribution is 0.639. The number of furan rings is 1. The second-order valence-electron chi connectivity index (χ2n) is 19.2. The van der Waals surface area contributed by atoms with Gasteiger partial charge in [0.25, 0.3) is 0 Å². The van der Waals surface area contributed by atoms with Crippen molar-refractivity contribution >= 4 is 43.7 Å². The topological polar surface area (TPSA) is 18.1 Å². The number of benzene rings is 11. The molecule has 2 heteroatoms. The second kappa shape index (κ2) is 17.2. The lowest BCUT2D eigenvalue weighted by Gasteiger charge is -2.26. The van der Waals surface area contributed by atoms with Crippen LogP contribution in [0, 0.1) is 0 Å². The van der Waals surface area contributed by atoms with Crippen molar-refractivity contribution in [3.05, 3.63) is 272 Å². The molecule has 2 nitrogen and oxygen atoms in total. The van der Waals surface area contributed by atoms with Crippen LogP contribution in [0.3, 0.4) is 0 Å². The highest BCUT2D eigenvalue weighted by atomic mass is 16.3. The van der Waals surface area contributed by atoms with E-state index >= 15 is 0 Å². The average molecular weight is 908 g/mol. The zero-order valence-corrected chi connectivity index (χ0v) is 39.7. The number of aromatic nitrogens is 1. The predicted octanol–water partition coefficient (Wildman–Crippen LogP) is 19.0. The van der Waals surface area contributed by atoms with Crippen LogP contribution in [0.25, 0.3) is 116 Å². The first-order chi connectivity index (χ1) is 35.0. The average Bonchev–Trinajstić information content (AvgIpc) is 3.99. The van der Waals surface area contributed by atoms with Gasteiger partial charge in [-0.25, -0.2) is 0 Å². The fourth-order valence-corrected chi connectivity index (χ4v) is 10.9. The van der Waals surface area contributed by atoms with Gasteiger partial charge in [-0.15, -0.1) is 0 Å². The first kappa shape index (κ1) is 42.1. The highest BCUT2D eigenvalue weighted by molar-refractivity contribution is 6.13. The van der Waals surface area contributed by atoms with Gasteiger partial charge < -0.3 is 8.98 Å². The Bertz CT molecular complexity index is 4030. The summed E-state index contributed by atoms with van der Waals surface area (Å²) in [4.78, 5) is 0.